The number of carbonyl (C=O) groups excluding carboxylic acids is 1. The van der Waals surface area contributed by atoms with E-state index >= 15 is 0 Å². The minimum absolute atomic E-state index is 0.182. The van der Waals surface area contributed by atoms with Gasteiger partial charge in [-0.2, -0.15) is 0 Å². The number of carboxylic acid groups (broad SMARTS) is 1. The SMILES string of the molecule is CCC(C)(C)OC(=O)N[C@H](Cc1c[nH]c2ccccc12)C(=O)O. The Labute approximate surface area is 134 Å². The Hall–Kier alpha value is -2.50. The fourth-order valence-corrected chi connectivity index (χ4v) is 2.22. The summed E-state index contributed by atoms with van der Waals surface area (Å²) in [4.78, 5) is 26.5. The Bertz CT molecular complexity index is 705. The second kappa shape index (κ2) is 6.73. The lowest BCUT2D eigenvalue weighted by atomic mass is 10.1. The topological polar surface area (TPSA) is 91.4 Å². The number of ether oxygens (including phenoxy) is 1. The van der Waals surface area contributed by atoms with Crippen LogP contribution in [0, 0.1) is 0 Å². The van der Waals surface area contributed by atoms with E-state index in [1.165, 1.54) is 0 Å². The van der Waals surface area contributed by atoms with Gasteiger partial charge in [-0.15, -0.1) is 0 Å². The van der Waals surface area contributed by atoms with Crippen LogP contribution >= 0.6 is 0 Å². The van der Waals surface area contributed by atoms with Gasteiger partial charge in [0.1, 0.15) is 11.6 Å². The highest BCUT2D eigenvalue weighted by Crippen LogP contribution is 2.19. The number of carboxylic acids is 1. The third kappa shape index (κ3) is 4.25. The fraction of sp³-hybridized carbons (Fsp3) is 0.412. The standard InChI is InChI=1S/C17H22N2O4/c1-4-17(2,3)23-16(22)19-14(15(20)21)9-11-10-18-13-8-6-5-7-12(11)13/h5-8,10,14,18H,4,9H2,1-3H3,(H,19,22)(H,20,21)/t14-/m1/s1. The Morgan fingerprint density at radius 2 is 2.04 bits per heavy atom. The van der Waals surface area contributed by atoms with E-state index in [0.717, 1.165) is 16.5 Å². The molecule has 1 heterocycles. The van der Waals surface area contributed by atoms with Crippen molar-refractivity contribution in [3.05, 3.63) is 36.0 Å². The van der Waals surface area contributed by atoms with Crippen LogP contribution in [0.4, 0.5) is 4.79 Å². The number of nitrogens with one attached hydrogen (secondary N) is 2. The summed E-state index contributed by atoms with van der Waals surface area (Å²) in [5.41, 5.74) is 1.14. The lowest BCUT2D eigenvalue weighted by Gasteiger charge is -2.24. The van der Waals surface area contributed by atoms with Crippen LogP contribution in [0.25, 0.3) is 10.9 Å². The highest BCUT2D eigenvalue weighted by molar-refractivity contribution is 5.85. The van der Waals surface area contributed by atoms with Crippen LogP contribution < -0.4 is 5.32 Å². The van der Waals surface area contributed by atoms with Crippen LogP contribution in [-0.4, -0.2) is 33.8 Å². The van der Waals surface area contributed by atoms with Crippen LogP contribution in [0.15, 0.2) is 30.5 Å². The van der Waals surface area contributed by atoms with Crippen LogP contribution in [0.5, 0.6) is 0 Å². The number of aromatic amines is 1. The number of para-hydroxylation sites is 1. The molecule has 0 spiro atoms. The van der Waals surface area contributed by atoms with Gasteiger partial charge in [0.2, 0.25) is 0 Å². The molecule has 3 N–H and O–H groups in total. The molecule has 0 unspecified atom stereocenters. The molecule has 2 rings (SSSR count). The average molecular weight is 318 g/mol. The smallest absolute Gasteiger partial charge is 0.408 e. The van der Waals surface area contributed by atoms with Gasteiger partial charge in [0.05, 0.1) is 0 Å². The maximum Gasteiger partial charge on any atom is 0.408 e. The predicted molar refractivity (Wildman–Crippen MR) is 87.4 cm³/mol. The molecule has 23 heavy (non-hydrogen) atoms. The number of benzene rings is 1. The third-order valence-electron chi connectivity index (χ3n) is 3.91. The van der Waals surface area contributed by atoms with Crippen LogP contribution in [0.1, 0.15) is 32.8 Å². The van der Waals surface area contributed by atoms with Crippen molar-refractivity contribution in [2.75, 3.05) is 0 Å². The van der Waals surface area contributed by atoms with Gasteiger partial charge in [0.15, 0.2) is 0 Å². The van der Waals surface area contributed by atoms with E-state index in [0.29, 0.717) is 6.42 Å². The summed E-state index contributed by atoms with van der Waals surface area (Å²) >= 11 is 0. The van der Waals surface area contributed by atoms with Crippen molar-refractivity contribution in [3.63, 3.8) is 0 Å². The lowest BCUT2D eigenvalue weighted by molar-refractivity contribution is -0.139. The van der Waals surface area contributed by atoms with E-state index < -0.39 is 23.7 Å². The molecular formula is C17H22N2O4. The van der Waals surface area contributed by atoms with E-state index in [4.69, 9.17) is 4.74 Å². The number of carbonyl (C=O) groups is 2. The summed E-state index contributed by atoms with van der Waals surface area (Å²) in [5.74, 6) is -1.10. The molecule has 1 aromatic carbocycles. The molecular weight excluding hydrogens is 296 g/mol. The summed E-state index contributed by atoms with van der Waals surface area (Å²) in [7, 11) is 0. The van der Waals surface area contributed by atoms with E-state index in [9.17, 15) is 14.7 Å². The maximum absolute atomic E-state index is 11.9. The Morgan fingerprint density at radius 1 is 1.35 bits per heavy atom. The summed E-state index contributed by atoms with van der Waals surface area (Å²) in [5, 5.41) is 12.8. The van der Waals surface area contributed by atoms with E-state index in [1.54, 1.807) is 20.0 Å². The minimum Gasteiger partial charge on any atom is -0.480 e. The summed E-state index contributed by atoms with van der Waals surface area (Å²) in [6, 6.07) is 6.58. The highest BCUT2D eigenvalue weighted by Gasteiger charge is 2.26. The molecule has 1 amide bonds. The molecule has 0 saturated heterocycles. The molecule has 6 heteroatoms. The third-order valence-corrected chi connectivity index (χ3v) is 3.91. The largest absolute Gasteiger partial charge is 0.480 e. The van der Waals surface area contributed by atoms with Gasteiger partial charge in [0, 0.05) is 23.5 Å². The van der Waals surface area contributed by atoms with Gasteiger partial charge < -0.3 is 20.1 Å². The van der Waals surface area contributed by atoms with Gasteiger partial charge in [-0.05, 0) is 31.9 Å². The molecule has 0 aliphatic carbocycles. The van der Waals surface area contributed by atoms with Gasteiger partial charge in [-0.3, -0.25) is 0 Å². The number of alkyl carbamates (subject to hydrolysis) is 1. The summed E-state index contributed by atoms with van der Waals surface area (Å²) in [6.07, 6.45) is 1.87. The second-order valence-corrected chi connectivity index (χ2v) is 6.10. The first-order valence-corrected chi connectivity index (χ1v) is 7.59. The molecule has 124 valence electrons. The summed E-state index contributed by atoms with van der Waals surface area (Å²) < 4.78 is 5.25. The number of aliphatic carboxylic acids is 1. The van der Waals surface area contributed by atoms with Gasteiger partial charge >= 0.3 is 12.1 Å². The predicted octanol–water partition coefficient (Wildman–Crippen LogP) is 3.08. The molecule has 0 aliphatic heterocycles. The molecule has 1 atom stereocenters. The van der Waals surface area contributed by atoms with Crippen molar-refractivity contribution < 1.29 is 19.4 Å². The first kappa shape index (κ1) is 16.9. The Balaban J connectivity index is 2.10. The van der Waals surface area contributed by atoms with Crippen LogP contribution in [0.3, 0.4) is 0 Å². The average Bonchev–Trinajstić information content (AvgIpc) is 2.89. The normalized spacial score (nSPS) is 12.8. The molecule has 0 radical (unpaired) electrons. The van der Waals surface area contributed by atoms with Crippen molar-refractivity contribution >= 4 is 23.0 Å². The number of hydrogen-bond acceptors (Lipinski definition) is 3. The van der Waals surface area contributed by atoms with Crippen molar-refractivity contribution in [2.45, 2.75) is 45.3 Å². The number of aromatic nitrogens is 1. The fourth-order valence-electron chi connectivity index (χ4n) is 2.22. The summed E-state index contributed by atoms with van der Waals surface area (Å²) in [6.45, 7) is 5.46. The zero-order valence-corrected chi connectivity index (χ0v) is 13.6. The monoisotopic (exact) mass is 318 g/mol. The van der Waals surface area contributed by atoms with E-state index in [1.807, 2.05) is 31.2 Å². The molecule has 6 nitrogen and oxygen atoms in total. The number of amides is 1. The zero-order valence-electron chi connectivity index (χ0n) is 13.6. The van der Waals surface area contributed by atoms with Crippen LogP contribution in [-0.2, 0) is 16.0 Å². The van der Waals surface area contributed by atoms with E-state index in [2.05, 4.69) is 10.3 Å². The van der Waals surface area contributed by atoms with Gasteiger partial charge in [-0.1, -0.05) is 25.1 Å². The van der Waals surface area contributed by atoms with E-state index in [-0.39, 0.29) is 6.42 Å². The lowest BCUT2D eigenvalue weighted by Crippen LogP contribution is -2.45. The Morgan fingerprint density at radius 3 is 2.70 bits per heavy atom. The van der Waals surface area contributed by atoms with Crippen LogP contribution in [0.2, 0.25) is 0 Å². The van der Waals surface area contributed by atoms with Crippen molar-refractivity contribution in [1.29, 1.82) is 0 Å². The highest BCUT2D eigenvalue weighted by atomic mass is 16.6. The molecule has 0 bridgehead atoms. The number of H-pyrrole nitrogens is 1. The van der Waals surface area contributed by atoms with Crippen molar-refractivity contribution in [1.82, 2.24) is 10.3 Å². The molecule has 2 aromatic rings. The number of rotatable bonds is 6. The number of hydrogen-bond donors (Lipinski definition) is 3. The molecule has 0 fully saturated rings. The van der Waals surface area contributed by atoms with Crippen molar-refractivity contribution in [2.24, 2.45) is 0 Å². The Kier molecular flexibility index (Phi) is 4.93. The number of fused-ring (bicyclic) bond motifs is 1. The molecule has 1 aromatic heterocycles. The minimum atomic E-state index is -1.10. The first-order valence-electron chi connectivity index (χ1n) is 7.59. The van der Waals surface area contributed by atoms with Gasteiger partial charge in [0.25, 0.3) is 0 Å². The van der Waals surface area contributed by atoms with Crippen molar-refractivity contribution in [3.8, 4) is 0 Å². The zero-order chi connectivity index (χ0) is 17.0. The molecule has 0 aliphatic rings. The first-order chi connectivity index (χ1) is 10.8. The molecule has 0 saturated carbocycles. The second-order valence-electron chi connectivity index (χ2n) is 6.10. The maximum atomic E-state index is 11.9. The quantitative estimate of drug-likeness (QED) is 0.763. The van der Waals surface area contributed by atoms with Gasteiger partial charge in [-0.25, -0.2) is 9.59 Å².